The van der Waals surface area contributed by atoms with E-state index in [1.54, 1.807) is 14.0 Å². The van der Waals surface area contributed by atoms with Gasteiger partial charge in [-0.1, -0.05) is 6.92 Å². The van der Waals surface area contributed by atoms with E-state index < -0.39 is 12.0 Å². The van der Waals surface area contributed by atoms with Crippen LogP contribution in [0, 0.1) is 34.6 Å². The first-order valence-electron chi connectivity index (χ1n) is 7.21. The molecule has 1 rings (SSSR count). The summed E-state index contributed by atoms with van der Waals surface area (Å²) in [6.07, 6.45) is 0.388. The van der Waals surface area contributed by atoms with Crippen molar-refractivity contribution in [3.8, 4) is 0 Å². The Labute approximate surface area is 126 Å². The lowest BCUT2D eigenvalue weighted by Crippen LogP contribution is -2.42. The second kappa shape index (κ2) is 6.29. The molecule has 4 heteroatoms. The largest absolute Gasteiger partial charge is 0.480 e. The molecule has 1 amide bonds. The van der Waals surface area contributed by atoms with Crippen molar-refractivity contribution in [1.29, 1.82) is 0 Å². The number of hydrogen-bond acceptors (Lipinski definition) is 2. The molecule has 0 spiro atoms. The number of benzene rings is 1. The first kappa shape index (κ1) is 17.2. The highest BCUT2D eigenvalue weighted by Crippen LogP contribution is 2.27. The van der Waals surface area contributed by atoms with Crippen molar-refractivity contribution in [1.82, 2.24) is 4.90 Å². The number of carboxylic acid groups (broad SMARTS) is 1. The molecule has 116 valence electrons. The lowest BCUT2D eigenvalue weighted by Gasteiger charge is -2.27. The predicted molar refractivity (Wildman–Crippen MR) is 83.9 cm³/mol. The third-order valence-electron chi connectivity index (χ3n) is 4.67. The molecule has 0 saturated carbocycles. The third-order valence-corrected chi connectivity index (χ3v) is 4.67. The van der Waals surface area contributed by atoms with E-state index in [4.69, 9.17) is 0 Å². The molecule has 1 atom stereocenters. The van der Waals surface area contributed by atoms with Crippen molar-refractivity contribution in [3.05, 3.63) is 33.4 Å². The van der Waals surface area contributed by atoms with E-state index in [-0.39, 0.29) is 5.91 Å². The van der Waals surface area contributed by atoms with Gasteiger partial charge in [0.1, 0.15) is 6.04 Å². The van der Waals surface area contributed by atoms with Crippen LogP contribution in [-0.4, -0.2) is 35.0 Å². The molecule has 1 aromatic rings. The average Bonchev–Trinajstić information content (AvgIpc) is 2.43. The van der Waals surface area contributed by atoms with Crippen LogP contribution in [0.3, 0.4) is 0 Å². The topological polar surface area (TPSA) is 57.6 Å². The number of nitrogens with zero attached hydrogens (tertiary/aromatic N) is 1. The molecule has 0 fully saturated rings. The smallest absolute Gasteiger partial charge is 0.326 e. The maximum atomic E-state index is 12.8. The molecule has 0 heterocycles. The Bertz CT molecular complexity index is 561. The van der Waals surface area contributed by atoms with Gasteiger partial charge in [0.15, 0.2) is 0 Å². The molecule has 0 aliphatic heterocycles. The summed E-state index contributed by atoms with van der Waals surface area (Å²) in [6, 6.07) is -0.793. The van der Waals surface area contributed by atoms with Crippen molar-refractivity contribution in [2.24, 2.45) is 0 Å². The molecule has 1 N–H and O–H groups in total. The second-order valence-corrected chi connectivity index (χ2v) is 5.68. The summed E-state index contributed by atoms with van der Waals surface area (Å²) in [4.78, 5) is 25.4. The third kappa shape index (κ3) is 2.94. The molecule has 0 aromatic heterocycles. The van der Waals surface area contributed by atoms with Gasteiger partial charge in [-0.25, -0.2) is 4.79 Å². The standard InChI is InChI=1S/C17H25NO3/c1-8-14(17(20)21)18(7)16(19)15-12(5)10(3)9(2)11(4)13(15)6/h14H,8H2,1-7H3,(H,20,21). The first-order chi connectivity index (χ1) is 9.64. The molecule has 0 aliphatic carbocycles. The van der Waals surface area contributed by atoms with Gasteiger partial charge in [-0.15, -0.1) is 0 Å². The minimum absolute atomic E-state index is 0.217. The number of carboxylic acids is 1. The summed E-state index contributed by atoms with van der Waals surface area (Å²) < 4.78 is 0. The zero-order valence-corrected chi connectivity index (χ0v) is 14.0. The summed E-state index contributed by atoms with van der Waals surface area (Å²) >= 11 is 0. The first-order valence-corrected chi connectivity index (χ1v) is 7.21. The summed E-state index contributed by atoms with van der Waals surface area (Å²) in [6.45, 7) is 11.7. The molecule has 1 unspecified atom stereocenters. The predicted octanol–water partition coefficient (Wildman–Crippen LogP) is 3.16. The fourth-order valence-corrected chi connectivity index (χ4v) is 2.75. The molecule has 0 saturated heterocycles. The van der Waals surface area contributed by atoms with Crippen LogP contribution < -0.4 is 0 Å². The molecular formula is C17H25NO3. The van der Waals surface area contributed by atoms with Crippen LogP contribution in [0.5, 0.6) is 0 Å². The van der Waals surface area contributed by atoms with E-state index in [2.05, 4.69) is 6.92 Å². The monoisotopic (exact) mass is 291 g/mol. The minimum Gasteiger partial charge on any atom is -0.480 e. The normalized spacial score (nSPS) is 12.1. The number of likely N-dealkylation sites (N-methyl/N-ethyl adjacent to an activating group) is 1. The van der Waals surface area contributed by atoms with E-state index in [0.717, 1.165) is 22.3 Å². The van der Waals surface area contributed by atoms with E-state index in [0.29, 0.717) is 12.0 Å². The van der Waals surface area contributed by atoms with Gasteiger partial charge in [-0.05, 0) is 68.9 Å². The Kier molecular flexibility index (Phi) is 5.15. The van der Waals surface area contributed by atoms with Crippen LogP contribution in [0.2, 0.25) is 0 Å². The fraction of sp³-hybridized carbons (Fsp3) is 0.529. The maximum absolute atomic E-state index is 12.8. The van der Waals surface area contributed by atoms with Crippen LogP contribution in [0.4, 0.5) is 0 Å². The van der Waals surface area contributed by atoms with E-state index in [1.807, 2.05) is 27.7 Å². The highest BCUT2D eigenvalue weighted by atomic mass is 16.4. The van der Waals surface area contributed by atoms with E-state index in [9.17, 15) is 14.7 Å². The zero-order chi connectivity index (χ0) is 16.5. The number of carbonyl (C=O) groups excluding carboxylic acids is 1. The summed E-state index contributed by atoms with van der Waals surface area (Å²) in [5, 5.41) is 9.24. The molecule has 0 radical (unpaired) electrons. The minimum atomic E-state index is -0.968. The van der Waals surface area contributed by atoms with Crippen molar-refractivity contribution in [3.63, 3.8) is 0 Å². The number of hydrogen-bond donors (Lipinski definition) is 1. The van der Waals surface area contributed by atoms with Crippen LogP contribution >= 0.6 is 0 Å². The Hall–Kier alpha value is -1.84. The molecular weight excluding hydrogens is 266 g/mol. The lowest BCUT2D eigenvalue weighted by atomic mass is 9.89. The number of amides is 1. The maximum Gasteiger partial charge on any atom is 0.326 e. The molecule has 21 heavy (non-hydrogen) atoms. The number of carbonyl (C=O) groups is 2. The molecule has 0 aliphatic rings. The Balaban J connectivity index is 3.41. The van der Waals surface area contributed by atoms with Gasteiger partial charge in [0.2, 0.25) is 0 Å². The van der Waals surface area contributed by atoms with E-state index >= 15 is 0 Å². The van der Waals surface area contributed by atoms with Crippen LogP contribution in [0.1, 0.15) is 51.5 Å². The van der Waals surface area contributed by atoms with Gasteiger partial charge in [0.05, 0.1) is 0 Å². The van der Waals surface area contributed by atoms with Crippen LogP contribution in [0.25, 0.3) is 0 Å². The average molecular weight is 291 g/mol. The zero-order valence-electron chi connectivity index (χ0n) is 14.0. The summed E-state index contributed by atoms with van der Waals surface area (Å²) in [5.74, 6) is -1.19. The van der Waals surface area contributed by atoms with Crippen molar-refractivity contribution in [2.75, 3.05) is 7.05 Å². The number of rotatable bonds is 4. The fourth-order valence-electron chi connectivity index (χ4n) is 2.75. The van der Waals surface area contributed by atoms with Gasteiger partial charge in [0.25, 0.3) is 5.91 Å². The van der Waals surface area contributed by atoms with Crippen LogP contribution in [-0.2, 0) is 4.79 Å². The summed E-state index contributed by atoms with van der Waals surface area (Å²) in [5.41, 5.74) is 5.89. The van der Waals surface area contributed by atoms with E-state index in [1.165, 1.54) is 10.5 Å². The van der Waals surface area contributed by atoms with Gasteiger partial charge < -0.3 is 10.0 Å². The summed E-state index contributed by atoms with van der Waals surface area (Å²) in [7, 11) is 1.56. The van der Waals surface area contributed by atoms with Crippen molar-refractivity contribution in [2.45, 2.75) is 54.0 Å². The van der Waals surface area contributed by atoms with Gasteiger partial charge in [0, 0.05) is 12.6 Å². The Morgan fingerprint density at radius 3 is 1.67 bits per heavy atom. The molecule has 1 aromatic carbocycles. The highest BCUT2D eigenvalue weighted by molar-refractivity contribution is 5.99. The van der Waals surface area contributed by atoms with Gasteiger partial charge in [-0.3, -0.25) is 4.79 Å². The van der Waals surface area contributed by atoms with Crippen LogP contribution in [0.15, 0.2) is 0 Å². The van der Waals surface area contributed by atoms with Gasteiger partial charge >= 0.3 is 5.97 Å². The Morgan fingerprint density at radius 1 is 0.952 bits per heavy atom. The number of aliphatic carboxylic acids is 1. The second-order valence-electron chi connectivity index (χ2n) is 5.68. The Morgan fingerprint density at radius 2 is 1.33 bits per heavy atom. The molecule has 4 nitrogen and oxygen atoms in total. The highest BCUT2D eigenvalue weighted by Gasteiger charge is 2.28. The SMILES string of the molecule is CCC(C(=O)O)N(C)C(=O)c1c(C)c(C)c(C)c(C)c1C. The van der Waals surface area contributed by atoms with Crippen molar-refractivity contribution >= 4 is 11.9 Å². The van der Waals surface area contributed by atoms with Gasteiger partial charge in [-0.2, -0.15) is 0 Å². The quantitative estimate of drug-likeness (QED) is 0.927. The van der Waals surface area contributed by atoms with Crippen molar-refractivity contribution < 1.29 is 14.7 Å². The molecule has 0 bridgehead atoms. The lowest BCUT2D eigenvalue weighted by molar-refractivity contribution is -0.142.